The van der Waals surface area contributed by atoms with E-state index in [-0.39, 0.29) is 0 Å². The van der Waals surface area contributed by atoms with Crippen LogP contribution in [0.3, 0.4) is 0 Å². The second kappa shape index (κ2) is 15.8. The zero-order valence-corrected chi connectivity index (χ0v) is 35.2. The van der Waals surface area contributed by atoms with E-state index in [1.165, 1.54) is 82.8 Å². The van der Waals surface area contributed by atoms with Crippen molar-refractivity contribution in [1.82, 2.24) is 9.55 Å². The molecule has 64 heavy (non-hydrogen) atoms. The minimum absolute atomic E-state index is 0.842. The van der Waals surface area contributed by atoms with Crippen LogP contribution in [-0.2, 0) is 6.42 Å². The van der Waals surface area contributed by atoms with Crippen LogP contribution < -0.4 is 4.90 Å². The summed E-state index contributed by atoms with van der Waals surface area (Å²) in [6.07, 6.45) is 0.842. The Bertz CT molecular complexity index is 3500. The Morgan fingerprint density at radius 3 is 1.47 bits per heavy atom. The number of anilines is 3. The molecule has 10 aromatic carbocycles. The van der Waals surface area contributed by atoms with E-state index in [1.54, 1.807) is 0 Å². The van der Waals surface area contributed by atoms with Crippen molar-refractivity contribution < 1.29 is 0 Å². The van der Waals surface area contributed by atoms with Gasteiger partial charge >= 0.3 is 0 Å². The summed E-state index contributed by atoms with van der Waals surface area (Å²) >= 11 is 0. The van der Waals surface area contributed by atoms with Gasteiger partial charge in [-0.15, -0.1) is 0 Å². The van der Waals surface area contributed by atoms with Crippen LogP contribution in [0, 0.1) is 0 Å². The maximum atomic E-state index is 3.74. The van der Waals surface area contributed by atoms with Crippen molar-refractivity contribution in [2.45, 2.75) is 6.42 Å². The second-order valence-corrected chi connectivity index (χ2v) is 16.7. The first-order chi connectivity index (χ1) is 31.7. The highest BCUT2D eigenvalue weighted by atomic mass is 15.1. The Hall–Kier alpha value is -8.40. The van der Waals surface area contributed by atoms with Crippen LogP contribution in [0.15, 0.2) is 243 Å². The molecular formula is C61H43N3. The van der Waals surface area contributed by atoms with Gasteiger partial charge in [-0.3, -0.25) is 0 Å². The number of H-pyrrole nitrogens is 1. The van der Waals surface area contributed by atoms with Crippen molar-refractivity contribution in [2.75, 3.05) is 4.90 Å². The van der Waals surface area contributed by atoms with E-state index in [9.17, 15) is 0 Å². The fourth-order valence-corrected chi connectivity index (χ4v) is 9.67. The van der Waals surface area contributed by atoms with Crippen molar-refractivity contribution in [3.8, 4) is 39.1 Å². The summed E-state index contributed by atoms with van der Waals surface area (Å²) in [4.78, 5) is 6.09. The molecule has 0 fully saturated rings. The molecule has 0 atom stereocenters. The van der Waals surface area contributed by atoms with E-state index < -0.39 is 0 Å². The molecule has 0 saturated carbocycles. The molecule has 302 valence electrons. The minimum Gasteiger partial charge on any atom is -0.354 e. The first-order valence-corrected chi connectivity index (χ1v) is 22.0. The minimum atomic E-state index is 0.842. The van der Waals surface area contributed by atoms with Crippen LogP contribution in [0.5, 0.6) is 0 Å². The highest BCUT2D eigenvalue weighted by Crippen LogP contribution is 2.40. The van der Waals surface area contributed by atoms with Crippen molar-refractivity contribution in [1.29, 1.82) is 0 Å². The average Bonchev–Trinajstić information content (AvgIpc) is 3.91. The van der Waals surface area contributed by atoms with E-state index in [2.05, 4.69) is 257 Å². The Kier molecular flexibility index (Phi) is 9.23. The molecular weight excluding hydrogens is 775 g/mol. The monoisotopic (exact) mass is 817 g/mol. The number of hydrogen-bond acceptors (Lipinski definition) is 1. The molecule has 0 bridgehead atoms. The molecule has 0 unspecified atom stereocenters. The second-order valence-electron chi connectivity index (χ2n) is 16.7. The zero-order chi connectivity index (χ0) is 42.4. The van der Waals surface area contributed by atoms with E-state index >= 15 is 0 Å². The lowest BCUT2D eigenvalue weighted by Gasteiger charge is -2.26. The molecule has 2 aromatic heterocycles. The standard InChI is InChI=1S/C61H43N3/c1-4-13-44(14-5-1)46-25-31-50(32-26-46)63(51-33-27-47(28-34-51)45-15-6-2-7-16-45)52-35-29-48(30-36-52)53-20-12-21-58-61(53)56-41-42(23-37-57(56)62-58)39-43-24-38-60-55(40-43)54-19-10-11-22-59(54)64(60)49-17-8-3-9-18-49/h1-38,40-41,62H,39H2. The van der Waals surface area contributed by atoms with Gasteiger partial charge in [0.25, 0.3) is 0 Å². The number of hydrogen-bond donors (Lipinski definition) is 1. The Morgan fingerprint density at radius 2 is 0.844 bits per heavy atom. The van der Waals surface area contributed by atoms with E-state index in [1.807, 2.05) is 0 Å². The van der Waals surface area contributed by atoms with Crippen LogP contribution >= 0.6 is 0 Å². The van der Waals surface area contributed by atoms with Gasteiger partial charge in [-0.05, 0) is 136 Å². The molecule has 0 amide bonds. The van der Waals surface area contributed by atoms with Crippen molar-refractivity contribution in [3.05, 3.63) is 254 Å². The maximum absolute atomic E-state index is 3.74. The first kappa shape index (κ1) is 37.4. The molecule has 0 radical (unpaired) electrons. The van der Waals surface area contributed by atoms with Gasteiger partial charge in [-0.25, -0.2) is 0 Å². The maximum Gasteiger partial charge on any atom is 0.0541 e. The summed E-state index contributed by atoms with van der Waals surface area (Å²) in [6.45, 7) is 0. The summed E-state index contributed by atoms with van der Waals surface area (Å²) in [5.74, 6) is 0. The predicted molar refractivity (Wildman–Crippen MR) is 270 cm³/mol. The summed E-state index contributed by atoms with van der Waals surface area (Å²) < 4.78 is 2.38. The SMILES string of the molecule is c1ccc(-c2ccc(N(c3ccc(-c4ccccc4)cc3)c3ccc(-c4cccc5[nH]c6ccc(Cc7ccc8c(c7)c7ccccc7n8-c7ccccc7)cc6c45)cc3)cc2)cc1. The molecule has 0 spiro atoms. The molecule has 0 aliphatic carbocycles. The Morgan fingerprint density at radius 1 is 0.344 bits per heavy atom. The summed E-state index contributed by atoms with van der Waals surface area (Å²) in [5.41, 5.74) is 19.0. The predicted octanol–water partition coefficient (Wildman–Crippen LogP) is 16.5. The highest BCUT2D eigenvalue weighted by molar-refractivity contribution is 6.14. The average molecular weight is 818 g/mol. The molecule has 2 heterocycles. The normalized spacial score (nSPS) is 11.5. The molecule has 3 heteroatoms. The topological polar surface area (TPSA) is 24.0 Å². The lowest BCUT2D eigenvalue weighted by molar-refractivity contribution is 1.17. The number of aromatic nitrogens is 2. The van der Waals surface area contributed by atoms with Gasteiger partial charge in [0.15, 0.2) is 0 Å². The van der Waals surface area contributed by atoms with Crippen LogP contribution in [0.4, 0.5) is 17.1 Å². The molecule has 0 aliphatic heterocycles. The van der Waals surface area contributed by atoms with Gasteiger partial charge in [0, 0.05) is 55.3 Å². The zero-order valence-electron chi connectivity index (χ0n) is 35.2. The molecule has 1 N–H and O–H groups in total. The molecule has 0 aliphatic rings. The third-order valence-electron chi connectivity index (χ3n) is 12.7. The van der Waals surface area contributed by atoms with Gasteiger partial charge in [-0.1, -0.05) is 158 Å². The summed E-state index contributed by atoms with van der Waals surface area (Å²) in [5, 5.41) is 5.05. The first-order valence-electron chi connectivity index (χ1n) is 22.0. The number of aromatic amines is 1. The van der Waals surface area contributed by atoms with Crippen LogP contribution in [0.2, 0.25) is 0 Å². The van der Waals surface area contributed by atoms with Gasteiger partial charge in [0.05, 0.1) is 11.0 Å². The lowest BCUT2D eigenvalue weighted by atomic mass is 9.97. The third kappa shape index (κ3) is 6.72. The smallest absolute Gasteiger partial charge is 0.0541 e. The van der Waals surface area contributed by atoms with Gasteiger partial charge in [0.2, 0.25) is 0 Å². The number of benzene rings is 10. The molecule has 12 aromatic rings. The van der Waals surface area contributed by atoms with Crippen LogP contribution in [-0.4, -0.2) is 9.55 Å². The van der Waals surface area contributed by atoms with E-state index in [0.29, 0.717) is 0 Å². The number of rotatable bonds is 9. The Balaban J connectivity index is 0.894. The van der Waals surface area contributed by atoms with Gasteiger partial charge < -0.3 is 14.5 Å². The Labute approximate surface area is 372 Å². The number of nitrogens with one attached hydrogen (secondary N) is 1. The van der Waals surface area contributed by atoms with E-state index in [4.69, 9.17) is 0 Å². The highest BCUT2D eigenvalue weighted by Gasteiger charge is 2.17. The summed E-state index contributed by atoms with van der Waals surface area (Å²) in [6, 6.07) is 88.0. The number of nitrogens with zero attached hydrogens (tertiary/aromatic N) is 2. The summed E-state index contributed by atoms with van der Waals surface area (Å²) in [7, 11) is 0. The molecule has 12 rings (SSSR count). The quantitative estimate of drug-likeness (QED) is 0.154. The number of fused-ring (bicyclic) bond motifs is 6. The molecule has 3 nitrogen and oxygen atoms in total. The van der Waals surface area contributed by atoms with Crippen molar-refractivity contribution >= 4 is 60.7 Å². The van der Waals surface area contributed by atoms with Crippen molar-refractivity contribution in [3.63, 3.8) is 0 Å². The fraction of sp³-hybridized carbons (Fsp3) is 0.0164. The van der Waals surface area contributed by atoms with E-state index in [0.717, 1.165) is 34.5 Å². The largest absolute Gasteiger partial charge is 0.354 e. The van der Waals surface area contributed by atoms with Crippen LogP contribution in [0.25, 0.3) is 82.7 Å². The van der Waals surface area contributed by atoms with Crippen LogP contribution in [0.1, 0.15) is 11.1 Å². The van der Waals surface area contributed by atoms with Gasteiger partial charge in [0.1, 0.15) is 0 Å². The number of para-hydroxylation sites is 2. The lowest BCUT2D eigenvalue weighted by Crippen LogP contribution is -2.09. The third-order valence-corrected chi connectivity index (χ3v) is 12.7. The molecule has 0 saturated heterocycles. The fourth-order valence-electron chi connectivity index (χ4n) is 9.67. The van der Waals surface area contributed by atoms with Gasteiger partial charge in [-0.2, -0.15) is 0 Å². The van der Waals surface area contributed by atoms with Crippen molar-refractivity contribution in [2.24, 2.45) is 0 Å².